The molecule has 1 aliphatic carbocycles. The molecule has 1 unspecified atom stereocenters. The third kappa shape index (κ3) is 4.53. The van der Waals surface area contributed by atoms with Gasteiger partial charge in [-0.05, 0) is 43.9 Å². The molecule has 1 aromatic heterocycles. The lowest BCUT2D eigenvalue weighted by atomic mass is 9.96. The number of nitrogens with zero attached hydrogens (tertiary/aromatic N) is 3. The monoisotopic (exact) mass is 408 g/mol. The molecule has 1 N–H and O–H groups in total. The van der Waals surface area contributed by atoms with Crippen molar-refractivity contribution in [1.82, 2.24) is 9.80 Å². The molecule has 6 heteroatoms. The van der Waals surface area contributed by atoms with Crippen LogP contribution in [-0.2, 0) is 17.6 Å². The average molecular weight is 409 g/mol. The predicted octanol–water partition coefficient (Wildman–Crippen LogP) is 3.82. The number of benzene rings is 1. The normalized spacial score (nSPS) is 20.1. The van der Waals surface area contributed by atoms with Crippen LogP contribution in [0.2, 0.25) is 0 Å². The molecule has 2 aliphatic rings. The molecule has 0 bridgehead atoms. The van der Waals surface area contributed by atoms with Gasteiger partial charge in [0.1, 0.15) is 11.1 Å². The largest absolute Gasteiger partial charge is 0.317 e. The highest BCUT2D eigenvalue weighted by molar-refractivity contribution is 7.16. The lowest BCUT2D eigenvalue weighted by Crippen LogP contribution is -2.47. The third-order valence-corrected chi connectivity index (χ3v) is 7.25. The van der Waals surface area contributed by atoms with E-state index >= 15 is 0 Å². The Bertz CT molecular complexity index is 902. The first-order valence-corrected chi connectivity index (χ1v) is 11.3. The van der Waals surface area contributed by atoms with E-state index in [-0.39, 0.29) is 5.91 Å². The molecule has 1 aliphatic heterocycles. The van der Waals surface area contributed by atoms with Crippen LogP contribution in [0.5, 0.6) is 0 Å². The van der Waals surface area contributed by atoms with E-state index in [1.807, 2.05) is 6.07 Å². The molecule has 1 aromatic carbocycles. The number of hydrogen-bond donors (Lipinski definition) is 1. The summed E-state index contributed by atoms with van der Waals surface area (Å²) < 4.78 is 0. The van der Waals surface area contributed by atoms with E-state index in [0.717, 1.165) is 50.4 Å². The van der Waals surface area contributed by atoms with Crippen molar-refractivity contribution in [3.05, 3.63) is 51.9 Å². The van der Waals surface area contributed by atoms with Crippen molar-refractivity contribution in [1.29, 1.82) is 5.26 Å². The molecular weight excluding hydrogens is 380 g/mol. The number of fused-ring (bicyclic) bond motifs is 1. The zero-order chi connectivity index (χ0) is 20.2. The molecule has 1 amide bonds. The van der Waals surface area contributed by atoms with Crippen molar-refractivity contribution >= 4 is 22.2 Å². The second kappa shape index (κ2) is 9.08. The number of aryl methyl sites for hydroxylation is 1. The Labute approximate surface area is 176 Å². The topological polar surface area (TPSA) is 59.4 Å². The van der Waals surface area contributed by atoms with Crippen LogP contribution < -0.4 is 5.32 Å². The first-order chi connectivity index (χ1) is 14.2. The number of thiophene rings is 1. The van der Waals surface area contributed by atoms with Crippen LogP contribution in [-0.4, -0.2) is 48.9 Å². The fourth-order valence-electron chi connectivity index (χ4n) is 4.42. The van der Waals surface area contributed by atoms with Gasteiger partial charge in [-0.3, -0.25) is 9.69 Å². The highest BCUT2D eigenvalue weighted by Gasteiger charge is 2.27. The SMILES string of the molecule is CN1CCN(CCC(=O)Nc2sc3c(c2C#N)CCCC3)C(c2ccccc2)C1. The van der Waals surface area contributed by atoms with Gasteiger partial charge in [0.2, 0.25) is 5.91 Å². The number of amides is 1. The summed E-state index contributed by atoms with van der Waals surface area (Å²) in [6.07, 6.45) is 4.75. The lowest BCUT2D eigenvalue weighted by Gasteiger charge is -2.40. The zero-order valence-corrected chi connectivity index (χ0v) is 17.8. The molecule has 1 atom stereocenters. The molecular formula is C23H28N4OS. The number of hydrogen-bond acceptors (Lipinski definition) is 5. The van der Waals surface area contributed by atoms with E-state index in [1.54, 1.807) is 11.3 Å². The van der Waals surface area contributed by atoms with Crippen LogP contribution in [0.15, 0.2) is 30.3 Å². The smallest absolute Gasteiger partial charge is 0.226 e. The number of carbonyl (C=O) groups is 1. The van der Waals surface area contributed by atoms with E-state index < -0.39 is 0 Å². The van der Waals surface area contributed by atoms with E-state index in [4.69, 9.17) is 0 Å². The van der Waals surface area contributed by atoms with Crippen LogP contribution >= 0.6 is 11.3 Å². The van der Waals surface area contributed by atoms with Gasteiger partial charge in [0.05, 0.1) is 5.56 Å². The standard InChI is InChI=1S/C23H28N4OS/c1-26-13-14-27(20(16-26)17-7-3-2-4-8-17)12-11-22(28)25-23-19(15-24)18-9-5-6-10-21(18)29-23/h2-4,7-8,20H,5-6,9-14,16H2,1H3,(H,25,28). The Balaban J connectivity index is 1.40. The van der Waals surface area contributed by atoms with Gasteiger partial charge in [-0.1, -0.05) is 30.3 Å². The van der Waals surface area contributed by atoms with Gasteiger partial charge in [-0.15, -0.1) is 11.3 Å². The molecule has 1 fully saturated rings. The number of piperazine rings is 1. The molecule has 2 aromatic rings. The minimum absolute atomic E-state index is 0.00540. The van der Waals surface area contributed by atoms with Crippen molar-refractivity contribution in [2.75, 3.05) is 38.5 Å². The van der Waals surface area contributed by atoms with Crippen LogP contribution in [0.4, 0.5) is 5.00 Å². The predicted molar refractivity (Wildman–Crippen MR) is 117 cm³/mol. The summed E-state index contributed by atoms with van der Waals surface area (Å²) >= 11 is 1.60. The number of likely N-dealkylation sites (N-methyl/N-ethyl adjacent to an activating group) is 1. The fraction of sp³-hybridized carbons (Fsp3) is 0.478. The molecule has 0 spiro atoms. The van der Waals surface area contributed by atoms with Gasteiger partial charge < -0.3 is 10.2 Å². The first kappa shape index (κ1) is 20.1. The minimum Gasteiger partial charge on any atom is -0.317 e. The van der Waals surface area contributed by atoms with Gasteiger partial charge >= 0.3 is 0 Å². The molecule has 152 valence electrons. The Hall–Kier alpha value is -2.20. The van der Waals surface area contributed by atoms with Gasteiger partial charge in [0.25, 0.3) is 0 Å². The van der Waals surface area contributed by atoms with Gasteiger partial charge in [0, 0.05) is 43.5 Å². The molecule has 0 saturated carbocycles. The van der Waals surface area contributed by atoms with Gasteiger partial charge in [-0.25, -0.2) is 0 Å². The molecule has 1 saturated heterocycles. The zero-order valence-electron chi connectivity index (χ0n) is 17.0. The number of nitrogens with one attached hydrogen (secondary N) is 1. The van der Waals surface area contributed by atoms with E-state index in [2.05, 4.69) is 52.5 Å². The summed E-state index contributed by atoms with van der Waals surface area (Å²) in [7, 11) is 2.15. The summed E-state index contributed by atoms with van der Waals surface area (Å²) in [4.78, 5) is 18.7. The highest BCUT2D eigenvalue weighted by Crippen LogP contribution is 2.37. The number of anilines is 1. The summed E-state index contributed by atoms with van der Waals surface area (Å²) in [5, 5.41) is 13.4. The lowest BCUT2D eigenvalue weighted by molar-refractivity contribution is -0.116. The van der Waals surface area contributed by atoms with Crippen LogP contribution in [0.1, 0.15) is 46.9 Å². The second-order valence-electron chi connectivity index (χ2n) is 8.05. The van der Waals surface area contributed by atoms with Crippen molar-refractivity contribution in [2.45, 2.75) is 38.1 Å². The van der Waals surface area contributed by atoms with Crippen molar-refractivity contribution < 1.29 is 4.79 Å². The number of carbonyl (C=O) groups excluding carboxylic acids is 1. The van der Waals surface area contributed by atoms with Crippen molar-refractivity contribution in [3.8, 4) is 6.07 Å². The summed E-state index contributed by atoms with van der Waals surface area (Å²) in [5.41, 5.74) is 3.17. The Morgan fingerprint density at radius 3 is 2.83 bits per heavy atom. The van der Waals surface area contributed by atoms with E-state index in [9.17, 15) is 10.1 Å². The summed E-state index contributed by atoms with van der Waals surface area (Å²) in [6.45, 7) is 3.68. The summed E-state index contributed by atoms with van der Waals surface area (Å²) in [5.74, 6) is 0.00540. The Morgan fingerprint density at radius 2 is 2.03 bits per heavy atom. The Morgan fingerprint density at radius 1 is 1.24 bits per heavy atom. The Kier molecular flexibility index (Phi) is 6.29. The third-order valence-electron chi connectivity index (χ3n) is 6.04. The number of nitriles is 1. The maximum absolute atomic E-state index is 12.7. The molecule has 2 heterocycles. The van der Waals surface area contributed by atoms with Gasteiger partial charge in [-0.2, -0.15) is 5.26 Å². The maximum atomic E-state index is 12.7. The first-order valence-electron chi connectivity index (χ1n) is 10.5. The van der Waals surface area contributed by atoms with E-state index in [0.29, 0.717) is 18.0 Å². The van der Waals surface area contributed by atoms with Crippen molar-refractivity contribution in [3.63, 3.8) is 0 Å². The molecule has 0 radical (unpaired) electrons. The minimum atomic E-state index is 0.00540. The molecule has 4 rings (SSSR count). The molecule has 29 heavy (non-hydrogen) atoms. The average Bonchev–Trinajstić information content (AvgIpc) is 3.10. The van der Waals surface area contributed by atoms with Crippen LogP contribution in [0, 0.1) is 11.3 Å². The maximum Gasteiger partial charge on any atom is 0.226 e. The van der Waals surface area contributed by atoms with Crippen molar-refractivity contribution in [2.24, 2.45) is 0 Å². The van der Waals surface area contributed by atoms with E-state index in [1.165, 1.54) is 22.4 Å². The van der Waals surface area contributed by atoms with Gasteiger partial charge in [0.15, 0.2) is 0 Å². The summed E-state index contributed by atoms with van der Waals surface area (Å²) in [6, 6.07) is 13.2. The second-order valence-corrected chi connectivity index (χ2v) is 9.15. The highest BCUT2D eigenvalue weighted by atomic mass is 32.1. The molecule has 5 nitrogen and oxygen atoms in total. The quantitative estimate of drug-likeness (QED) is 0.817. The number of rotatable bonds is 5. The fourth-order valence-corrected chi connectivity index (χ4v) is 5.68. The van der Waals surface area contributed by atoms with Crippen LogP contribution in [0.3, 0.4) is 0 Å². The van der Waals surface area contributed by atoms with Crippen LogP contribution in [0.25, 0.3) is 0 Å².